The Morgan fingerprint density at radius 2 is 1.50 bits per heavy atom. The normalized spacial score (nSPS) is 17.9. The van der Waals surface area contributed by atoms with E-state index >= 15 is 0 Å². The summed E-state index contributed by atoms with van der Waals surface area (Å²) < 4.78 is 0. The van der Waals surface area contributed by atoms with Crippen LogP contribution in [-0.4, -0.2) is 22.1 Å². The van der Waals surface area contributed by atoms with Crippen molar-refractivity contribution in [2.45, 2.75) is 52.6 Å². The predicted molar refractivity (Wildman–Crippen MR) is 86.7 cm³/mol. The Morgan fingerprint density at radius 1 is 0.900 bits per heavy atom. The first-order valence-corrected chi connectivity index (χ1v) is 7.69. The van der Waals surface area contributed by atoms with Gasteiger partial charge in [0.2, 0.25) is 0 Å². The zero-order chi connectivity index (χ0) is 14.5. The van der Waals surface area contributed by atoms with Crippen LogP contribution in [0.15, 0.2) is 48.8 Å². The Bertz CT molecular complexity index is 475. The second kappa shape index (κ2) is 6.65. The molecule has 0 fully saturated rings. The van der Waals surface area contributed by atoms with Gasteiger partial charge in [0.15, 0.2) is 0 Å². The smallest absolute Gasteiger partial charge is 0.0469 e. The molecule has 2 unspecified atom stereocenters. The highest BCUT2D eigenvalue weighted by molar-refractivity contribution is 5.74. The first-order chi connectivity index (χ1) is 9.67. The fourth-order valence-corrected chi connectivity index (χ4v) is 2.39. The molecule has 0 amide bonds. The van der Waals surface area contributed by atoms with E-state index in [0.29, 0.717) is 12.1 Å². The van der Waals surface area contributed by atoms with Gasteiger partial charge in [0.25, 0.3) is 0 Å². The zero-order valence-corrected chi connectivity index (χ0v) is 13.1. The standard InChI is InChI=1S/C18H26N2/c1-5-15(3)19-13-12-18(14-20(19)16(4)6-2)17-10-8-7-9-11-17/h7-16H,5-6H2,1-4H3. The molecule has 2 atom stereocenters. The number of allylic oxidation sites excluding steroid dienone is 2. The van der Waals surface area contributed by atoms with E-state index in [-0.39, 0.29) is 0 Å². The van der Waals surface area contributed by atoms with E-state index in [2.05, 4.69) is 86.5 Å². The van der Waals surface area contributed by atoms with Gasteiger partial charge in [-0.3, -0.25) is 10.0 Å². The third-order valence-electron chi connectivity index (χ3n) is 4.14. The topological polar surface area (TPSA) is 6.48 Å². The summed E-state index contributed by atoms with van der Waals surface area (Å²) in [5.74, 6) is 0. The van der Waals surface area contributed by atoms with Gasteiger partial charge in [-0.1, -0.05) is 44.2 Å². The van der Waals surface area contributed by atoms with Crippen LogP contribution in [0.4, 0.5) is 0 Å². The lowest BCUT2D eigenvalue weighted by molar-refractivity contribution is 0.00115. The van der Waals surface area contributed by atoms with Gasteiger partial charge in [-0.2, -0.15) is 0 Å². The second-order valence-corrected chi connectivity index (χ2v) is 5.54. The zero-order valence-electron chi connectivity index (χ0n) is 13.1. The SMILES string of the molecule is CCC(C)N1C=CC(c2ccccc2)=CN1C(C)CC. The number of benzene rings is 1. The van der Waals surface area contributed by atoms with Crippen molar-refractivity contribution in [1.29, 1.82) is 0 Å². The van der Waals surface area contributed by atoms with Gasteiger partial charge in [-0.05, 0) is 38.3 Å². The third kappa shape index (κ3) is 3.06. The van der Waals surface area contributed by atoms with Crippen molar-refractivity contribution in [3.63, 3.8) is 0 Å². The highest BCUT2D eigenvalue weighted by Gasteiger charge is 2.22. The molecule has 0 aliphatic carbocycles. The third-order valence-corrected chi connectivity index (χ3v) is 4.14. The Morgan fingerprint density at radius 3 is 2.10 bits per heavy atom. The minimum atomic E-state index is 0.507. The van der Waals surface area contributed by atoms with Gasteiger partial charge in [0, 0.05) is 30.1 Å². The summed E-state index contributed by atoms with van der Waals surface area (Å²) in [4.78, 5) is 0. The average molecular weight is 270 g/mol. The van der Waals surface area contributed by atoms with Crippen LogP contribution in [0.2, 0.25) is 0 Å². The molecular formula is C18H26N2. The maximum Gasteiger partial charge on any atom is 0.0469 e. The van der Waals surface area contributed by atoms with Crippen molar-refractivity contribution in [3.8, 4) is 0 Å². The van der Waals surface area contributed by atoms with E-state index in [4.69, 9.17) is 0 Å². The number of hydrogen-bond donors (Lipinski definition) is 0. The Hall–Kier alpha value is -1.70. The average Bonchev–Trinajstić information content (AvgIpc) is 2.53. The quantitative estimate of drug-likeness (QED) is 0.767. The number of hydrogen-bond acceptors (Lipinski definition) is 2. The molecule has 0 radical (unpaired) electrons. The monoisotopic (exact) mass is 270 g/mol. The van der Waals surface area contributed by atoms with Crippen LogP contribution < -0.4 is 0 Å². The van der Waals surface area contributed by atoms with Gasteiger partial charge in [-0.15, -0.1) is 0 Å². The highest BCUT2D eigenvalue weighted by atomic mass is 15.6. The summed E-state index contributed by atoms with van der Waals surface area (Å²) >= 11 is 0. The summed E-state index contributed by atoms with van der Waals surface area (Å²) in [5.41, 5.74) is 2.56. The van der Waals surface area contributed by atoms with Crippen LogP contribution in [0.25, 0.3) is 5.57 Å². The molecule has 0 spiro atoms. The van der Waals surface area contributed by atoms with Crippen LogP contribution in [-0.2, 0) is 0 Å². The molecule has 0 bridgehead atoms. The van der Waals surface area contributed by atoms with Crippen molar-refractivity contribution in [1.82, 2.24) is 10.0 Å². The maximum absolute atomic E-state index is 2.39. The summed E-state index contributed by atoms with van der Waals surface area (Å²) in [6.07, 6.45) is 9.02. The molecule has 0 aromatic heterocycles. The molecule has 2 rings (SSSR count). The molecule has 0 saturated carbocycles. The van der Waals surface area contributed by atoms with Crippen molar-refractivity contribution >= 4 is 5.57 Å². The molecule has 0 saturated heterocycles. The minimum absolute atomic E-state index is 0.507. The molecule has 2 nitrogen and oxygen atoms in total. The lowest BCUT2D eigenvalue weighted by atomic mass is 10.1. The van der Waals surface area contributed by atoms with E-state index in [1.54, 1.807) is 0 Å². The number of nitrogens with zero attached hydrogens (tertiary/aromatic N) is 2. The molecular weight excluding hydrogens is 244 g/mol. The summed E-state index contributed by atoms with van der Waals surface area (Å²) in [5, 5.41) is 4.75. The molecule has 1 aliphatic heterocycles. The van der Waals surface area contributed by atoms with Crippen molar-refractivity contribution in [3.05, 3.63) is 54.4 Å². The van der Waals surface area contributed by atoms with Crippen LogP contribution in [0.5, 0.6) is 0 Å². The van der Waals surface area contributed by atoms with Crippen molar-refractivity contribution in [2.75, 3.05) is 0 Å². The maximum atomic E-state index is 2.39. The van der Waals surface area contributed by atoms with E-state index in [9.17, 15) is 0 Å². The first kappa shape index (κ1) is 14.7. The van der Waals surface area contributed by atoms with Crippen LogP contribution in [0.1, 0.15) is 46.1 Å². The lowest BCUT2D eigenvalue weighted by Crippen LogP contribution is -2.46. The fraction of sp³-hybridized carbons (Fsp3) is 0.444. The van der Waals surface area contributed by atoms with Crippen LogP contribution in [0, 0.1) is 0 Å². The lowest BCUT2D eigenvalue weighted by Gasteiger charge is -2.43. The van der Waals surface area contributed by atoms with Gasteiger partial charge in [0.05, 0.1) is 0 Å². The van der Waals surface area contributed by atoms with Gasteiger partial charge in [-0.25, -0.2) is 0 Å². The fourth-order valence-electron chi connectivity index (χ4n) is 2.39. The largest absolute Gasteiger partial charge is 0.290 e. The minimum Gasteiger partial charge on any atom is -0.290 e. The molecule has 1 heterocycles. The molecule has 2 heteroatoms. The molecule has 1 aromatic rings. The summed E-state index contributed by atoms with van der Waals surface area (Å²) in [6, 6.07) is 11.6. The molecule has 20 heavy (non-hydrogen) atoms. The van der Waals surface area contributed by atoms with Gasteiger partial charge in [0.1, 0.15) is 0 Å². The van der Waals surface area contributed by atoms with Gasteiger partial charge < -0.3 is 0 Å². The highest BCUT2D eigenvalue weighted by Crippen LogP contribution is 2.26. The molecule has 108 valence electrons. The van der Waals surface area contributed by atoms with Crippen LogP contribution >= 0.6 is 0 Å². The van der Waals surface area contributed by atoms with E-state index in [1.807, 2.05) is 0 Å². The molecule has 0 N–H and O–H groups in total. The second-order valence-electron chi connectivity index (χ2n) is 5.54. The van der Waals surface area contributed by atoms with E-state index in [0.717, 1.165) is 12.8 Å². The summed E-state index contributed by atoms with van der Waals surface area (Å²) in [7, 11) is 0. The molecule has 1 aromatic carbocycles. The van der Waals surface area contributed by atoms with E-state index in [1.165, 1.54) is 11.1 Å². The Balaban J connectivity index is 2.30. The van der Waals surface area contributed by atoms with Crippen molar-refractivity contribution < 1.29 is 0 Å². The summed E-state index contributed by atoms with van der Waals surface area (Å²) in [6.45, 7) is 9.05. The van der Waals surface area contributed by atoms with E-state index < -0.39 is 0 Å². The Kier molecular flexibility index (Phi) is 4.89. The Labute approximate surface area is 123 Å². The predicted octanol–water partition coefficient (Wildman–Crippen LogP) is 4.67. The number of rotatable bonds is 5. The number of hydrazine groups is 1. The van der Waals surface area contributed by atoms with Crippen LogP contribution in [0.3, 0.4) is 0 Å². The first-order valence-electron chi connectivity index (χ1n) is 7.69. The van der Waals surface area contributed by atoms with Gasteiger partial charge >= 0.3 is 0 Å². The van der Waals surface area contributed by atoms with Crippen molar-refractivity contribution in [2.24, 2.45) is 0 Å². The molecule has 1 aliphatic rings.